The number of carbonyl (C=O) groups excluding carboxylic acids is 1. The zero-order valence-corrected chi connectivity index (χ0v) is 14.5. The lowest BCUT2D eigenvalue weighted by Crippen LogP contribution is -2.46. The highest BCUT2D eigenvalue weighted by Gasteiger charge is 2.34. The Morgan fingerprint density at radius 2 is 2.08 bits per heavy atom. The number of urea groups is 1. The number of hydrogen-bond acceptors (Lipinski definition) is 3. The molecule has 2 N–H and O–H groups in total. The van der Waals surface area contributed by atoms with Gasteiger partial charge in [-0.3, -0.25) is 0 Å². The zero-order valence-electron chi connectivity index (χ0n) is 14.5. The molecule has 0 atom stereocenters. The number of hydrogen-bond donors (Lipinski definition) is 2. The van der Waals surface area contributed by atoms with Crippen molar-refractivity contribution in [2.45, 2.75) is 39.5 Å². The first-order chi connectivity index (χ1) is 11.5. The summed E-state index contributed by atoms with van der Waals surface area (Å²) in [5.74, 6) is -0.0479. The van der Waals surface area contributed by atoms with E-state index in [2.05, 4.69) is 12.2 Å². The quantitative estimate of drug-likeness (QED) is 0.832. The van der Waals surface area contributed by atoms with Gasteiger partial charge in [-0.2, -0.15) is 0 Å². The number of amides is 2. The van der Waals surface area contributed by atoms with Crippen LogP contribution in [0.15, 0.2) is 18.2 Å². The summed E-state index contributed by atoms with van der Waals surface area (Å²) in [5.41, 5.74) is 0.409. The van der Waals surface area contributed by atoms with E-state index in [4.69, 9.17) is 4.74 Å². The lowest BCUT2D eigenvalue weighted by Gasteiger charge is -2.40. The number of aliphatic hydroxyl groups is 1. The first-order valence-electron chi connectivity index (χ1n) is 8.62. The second kappa shape index (κ2) is 8.33. The van der Waals surface area contributed by atoms with Crippen LogP contribution in [0.1, 0.15) is 39.5 Å². The van der Waals surface area contributed by atoms with Crippen molar-refractivity contribution in [3.05, 3.63) is 24.0 Å². The van der Waals surface area contributed by atoms with Gasteiger partial charge in [0.25, 0.3) is 0 Å². The fourth-order valence-electron chi connectivity index (χ4n) is 2.93. The molecular weight excluding hydrogens is 311 g/mol. The number of benzene rings is 1. The molecule has 0 spiro atoms. The van der Waals surface area contributed by atoms with Gasteiger partial charge < -0.3 is 20.1 Å². The summed E-state index contributed by atoms with van der Waals surface area (Å²) in [6.07, 6.45) is 3.29. The molecule has 1 aromatic carbocycles. The minimum atomic E-state index is -0.396. The highest BCUT2D eigenvalue weighted by atomic mass is 19.1. The summed E-state index contributed by atoms with van der Waals surface area (Å²) in [6.45, 7) is 5.87. The highest BCUT2D eigenvalue weighted by molar-refractivity contribution is 5.91. The number of piperidine rings is 1. The molecule has 0 saturated carbocycles. The van der Waals surface area contributed by atoms with E-state index in [9.17, 15) is 14.3 Å². The molecule has 0 radical (unpaired) electrons. The monoisotopic (exact) mass is 338 g/mol. The molecule has 0 bridgehead atoms. The number of carbonyl (C=O) groups is 1. The number of ether oxygens (including phenoxy) is 1. The van der Waals surface area contributed by atoms with E-state index in [-0.39, 0.29) is 18.1 Å². The number of rotatable bonds is 6. The molecule has 0 aliphatic carbocycles. The fraction of sp³-hybridized carbons (Fsp3) is 0.611. The van der Waals surface area contributed by atoms with E-state index in [0.29, 0.717) is 31.1 Å². The third-order valence-corrected chi connectivity index (χ3v) is 4.84. The van der Waals surface area contributed by atoms with Crippen LogP contribution in [-0.2, 0) is 0 Å². The number of halogens is 1. The van der Waals surface area contributed by atoms with Crippen molar-refractivity contribution in [1.82, 2.24) is 4.90 Å². The Balaban J connectivity index is 2.00. The molecule has 24 heavy (non-hydrogen) atoms. The predicted molar refractivity (Wildman–Crippen MR) is 91.8 cm³/mol. The lowest BCUT2D eigenvalue weighted by atomic mass is 9.77. The van der Waals surface area contributed by atoms with Gasteiger partial charge in [0.1, 0.15) is 11.6 Å². The maximum absolute atomic E-state index is 13.4. The van der Waals surface area contributed by atoms with Crippen LogP contribution in [0, 0.1) is 11.2 Å². The predicted octanol–water partition coefficient (Wildman–Crippen LogP) is 3.63. The average Bonchev–Trinajstić information content (AvgIpc) is 2.61. The third kappa shape index (κ3) is 4.38. The van der Waals surface area contributed by atoms with E-state index >= 15 is 0 Å². The molecule has 1 fully saturated rings. The Hall–Kier alpha value is -1.82. The van der Waals surface area contributed by atoms with Gasteiger partial charge in [0.15, 0.2) is 0 Å². The van der Waals surface area contributed by atoms with E-state index in [1.54, 1.807) is 4.90 Å². The molecule has 1 saturated heterocycles. The van der Waals surface area contributed by atoms with Crippen LogP contribution < -0.4 is 10.1 Å². The Labute approximate surface area is 142 Å². The number of aliphatic hydroxyl groups excluding tert-OH is 1. The standard InChI is InChI=1S/C18H27FN2O3/c1-3-11-24-16-12-14(19)5-6-15(16)20-17(23)21-9-7-18(4-2,13-22)8-10-21/h5-6,12,22H,3-4,7-11,13H2,1-2H3,(H,20,23). The number of nitrogens with zero attached hydrogens (tertiary/aromatic N) is 1. The Bertz CT molecular complexity index is 551. The summed E-state index contributed by atoms with van der Waals surface area (Å²) in [6, 6.07) is 3.89. The van der Waals surface area contributed by atoms with Crippen molar-refractivity contribution in [2.24, 2.45) is 5.41 Å². The van der Waals surface area contributed by atoms with E-state index in [0.717, 1.165) is 25.7 Å². The normalized spacial score (nSPS) is 16.8. The van der Waals surface area contributed by atoms with Gasteiger partial charge in [0, 0.05) is 25.8 Å². The second-order valence-corrected chi connectivity index (χ2v) is 6.42. The SMILES string of the molecule is CCCOc1cc(F)ccc1NC(=O)N1CCC(CC)(CO)CC1. The average molecular weight is 338 g/mol. The molecule has 134 valence electrons. The van der Waals surface area contributed by atoms with Gasteiger partial charge in [-0.15, -0.1) is 0 Å². The first-order valence-corrected chi connectivity index (χ1v) is 8.62. The molecule has 2 rings (SSSR count). The van der Waals surface area contributed by atoms with Gasteiger partial charge >= 0.3 is 6.03 Å². The van der Waals surface area contributed by atoms with Crippen molar-refractivity contribution in [2.75, 3.05) is 31.6 Å². The summed E-state index contributed by atoms with van der Waals surface area (Å²) < 4.78 is 18.9. The molecule has 1 aliphatic rings. The molecule has 0 aromatic heterocycles. The van der Waals surface area contributed by atoms with Crippen molar-refractivity contribution in [3.8, 4) is 5.75 Å². The van der Waals surface area contributed by atoms with Gasteiger partial charge in [0.2, 0.25) is 0 Å². The fourth-order valence-corrected chi connectivity index (χ4v) is 2.93. The Morgan fingerprint density at radius 1 is 1.38 bits per heavy atom. The van der Waals surface area contributed by atoms with Gasteiger partial charge in [-0.05, 0) is 43.2 Å². The first kappa shape index (κ1) is 18.5. The molecule has 1 heterocycles. The van der Waals surface area contributed by atoms with Crippen LogP contribution in [0.3, 0.4) is 0 Å². The molecule has 5 nitrogen and oxygen atoms in total. The molecule has 2 amide bonds. The van der Waals surface area contributed by atoms with Crippen LogP contribution >= 0.6 is 0 Å². The van der Waals surface area contributed by atoms with E-state index < -0.39 is 5.82 Å². The minimum Gasteiger partial charge on any atom is -0.491 e. The molecule has 0 unspecified atom stereocenters. The number of anilines is 1. The minimum absolute atomic E-state index is 0.0674. The lowest BCUT2D eigenvalue weighted by molar-refractivity contribution is 0.0542. The number of likely N-dealkylation sites (tertiary alicyclic amines) is 1. The molecule has 1 aliphatic heterocycles. The van der Waals surface area contributed by atoms with Gasteiger partial charge in [-0.1, -0.05) is 13.8 Å². The highest BCUT2D eigenvalue weighted by Crippen LogP contribution is 2.34. The second-order valence-electron chi connectivity index (χ2n) is 6.42. The molecule has 1 aromatic rings. The summed E-state index contributed by atoms with van der Waals surface area (Å²) in [5, 5.41) is 12.4. The van der Waals surface area contributed by atoms with Crippen molar-refractivity contribution in [1.29, 1.82) is 0 Å². The third-order valence-electron chi connectivity index (χ3n) is 4.84. The van der Waals surface area contributed by atoms with Crippen LogP contribution in [0.5, 0.6) is 5.75 Å². The van der Waals surface area contributed by atoms with Crippen LogP contribution in [0.2, 0.25) is 0 Å². The Morgan fingerprint density at radius 3 is 2.67 bits per heavy atom. The van der Waals surface area contributed by atoms with Crippen LogP contribution in [0.4, 0.5) is 14.9 Å². The van der Waals surface area contributed by atoms with Crippen molar-refractivity contribution < 1.29 is 19.0 Å². The largest absolute Gasteiger partial charge is 0.491 e. The van der Waals surface area contributed by atoms with E-state index in [1.165, 1.54) is 18.2 Å². The molecular formula is C18H27FN2O3. The summed E-state index contributed by atoms with van der Waals surface area (Å²) >= 11 is 0. The zero-order chi connectivity index (χ0) is 17.6. The van der Waals surface area contributed by atoms with Crippen molar-refractivity contribution >= 4 is 11.7 Å². The van der Waals surface area contributed by atoms with Crippen LogP contribution in [-0.4, -0.2) is 42.3 Å². The topological polar surface area (TPSA) is 61.8 Å². The van der Waals surface area contributed by atoms with Gasteiger partial charge in [-0.25, -0.2) is 9.18 Å². The Kier molecular flexibility index (Phi) is 6.43. The maximum atomic E-state index is 13.4. The van der Waals surface area contributed by atoms with Crippen molar-refractivity contribution in [3.63, 3.8) is 0 Å². The summed E-state index contributed by atoms with van der Waals surface area (Å²) in [7, 11) is 0. The van der Waals surface area contributed by atoms with Crippen LogP contribution in [0.25, 0.3) is 0 Å². The van der Waals surface area contributed by atoms with Gasteiger partial charge in [0.05, 0.1) is 12.3 Å². The maximum Gasteiger partial charge on any atom is 0.321 e. The van der Waals surface area contributed by atoms with E-state index in [1.807, 2.05) is 6.92 Å². The molecule has 6 heteroatoms. The summed E-state index contributed by atoms with van der Waals surface area (Å²) in [4.78, 5) is 14.2. The smallest absolute Gasteiger partial charge is 0.321 e. The number of nitrogens with one attached hydrogen (secondary N) is 1.